The Hall–Kier alpha value is -1.94. The maximum Gasteiger partial charge on any atom is 0.204 e. The first-order chi connectivity index (χ1) is 16.0. The van der Waals surface area contributed by atoms with Gasteiger partial charge in [-0.2, -0.15) is 5.26 Å². The summed E-state index contributed by atoms with van der Waals surface area (Å²) in [5, 5.41) is 9.01. The van der Waals surface area contributed by atoms with E-state index in [4.69, 9.17) is 9.38 Å². The minimum atomic E-state index is -1.81. The summed E-state index contributed by atoms with van der Waals surface area (Å²) < 4.78 is 7.30. The third kappa shape index (κ3) is 7.81. The predicted octanol–water partition coefficient (Wildman–Crippen LogP) is 9.04. The fourth-order valence-corrected chi connectivity index (χ4v) is 14.4. The fraction of sp³-hybridized carbons (Fsp3) is 0.483. The maximum absolute atomic E-state index is 9.01. The summed E-state index contributed by atoms with van der Waals surface area (Å²) in [4.78, 5) is 0. The molecule has 0 aromatic heterocycles. The Morgan fingerprint density at radius 2 is 1.39 bits per heavy atom. The molecule has 0 aliphatic heterocycles. The maximum atomic E-state index is 9.01. The second-order valence-corrected chi connectivity index (χ2v) is 18.2. The molecular weight excluding hydrogens is 434 g/mol. The van der Waals surface area contributed by atoms with Crippen LogP contribution in [0.3, 0.4) is 0 Å². The molecule has 2 rings (SSSR count). The number of hydrogen-bond donors (Lipinski definition) is 0. The van der Waals surface area contributed by atoms with E-state index in [0.29, 0.717) is 5.56 Å². The summed E-state index contributed by atoms with van der Waals surface area (Å²) in [6, 6.07) is 25.0. The summed E-state index contributed by atoms with van der Waals surface area (Å²) in [6.45, 7) is 11.7. The van der Waals surface area contributed by atoms with Crippen molar-refractivity contribution in [2.75, 3.05) is 0 Å². The number of nitriles is 1. The van der Waals surface area contributed by atoms with E-state index in [9.17, 15) is 0 Å². The van der Waals surface area contributed by atoms with Crippen LogP contribution in [0.2, 0.25) is 30.2 Å². The van der Waals surface area contributed by atoms with Crippen LogP contribution < -0.4 is 0 Å². The second kappa shape index (κ2) is 13.7. The summed E-state index contributed by atoms with van der Waals surface area (Å²) >= 11 is 0. The van der Waals surface area contributed by atoms with Gasteiger partial charge in [-0.05, 0) is 71.9 Å². The molecule has 0 radical (unpaired) electrons. The Bertz CT molecular complexity index is 889. The SMILES string of the molecule is CCCCC=C[Si](CC)(CC)O[Si](CC)(CC)CCc1ccc(-c2ccc(C#N)cc2)cc1. The average Bonchev–Trinajstić information content (AvgIpc) is 2.88. The lowest BCUT2D eigenvalue weighted by atomic mass is 10.0. The fourth-order valence-electron chi connectivity index (χ4n) is 4.49. The van der Waals surface area contributed by atoms with Crippen molar-refractivity contribution in [2.45, 2.75) is 90.5 Å². The Kier molecular flexibility index (Phi) is 11.3. The zero-order chi connectivity index (χ0) is 24.2. The number of aryl methyl sites for hydroxylation is 1. The smallest absolute Gasteiger partial charge is 0.204 e. The molecule has 2 nitrogen and oxygen atoms in total. The highest BCUT2D eigenvalue weighted by Crippen LogP contribution is 2.32. The van der Waals surface area contributed by atoms with Gasteiger partial charge >= 0.3 is 0 Å². The standard InChI is InChI=1S/C29H43NOSi2/c1-6-11-12-13-23-32(7-2,8-3)31-33(9-4,10-5)24-22-26-14-18-28(19-15-26)29-20-16-27(25-30)17-21-29/h13-21,23H,6-12,22,24H2,1-5H3. The quantitative estimate of drug-likeness (QED) is 0.201. The monoisotopic (exact) mass is 477 g/mol. The number of nitrogens with zero attached hydrogens (tertiary/aromatic N) is 1. The highest BCUT2D eigenvalue weighted by molar-refractivity contribution is 6.89. The minimum absolute atomic E-state index is 0.704. The third-order valence-corrected chi connectivity index (χ3v) is 17.6. The molecule has 0 aliphatic carbocycles. The van der Waals surface area contributed by atoms with E-state index in [0.717, 1.165) is 12.0 Å². The molecule has 0 bridgehead atoms. The molecule has 0 heterocycles. The number of allylic oxidation sites excluding steroid dienone is 1. The van der Waals surface area contributed by atoms with Crippen LogP contribution in [0.15, 0.2) is 60.3 Å². The van der Waals surface area contributed by atoms with E-state index >= 15 is 0 Å². The normalized spacial score (nSPS) is 12.2. The highest BCUT2D eigenvalue weighted by Gasteiger charge is 2.40. The van der Waals surface area contributed by atoms with E-state index in [2.05, 4.69) is 76.7 Å². The summed E-state index contributed by atoms with van der Waals surface area (Å²) in [5.74, 6) is 0. The lowest BCUT2D eigenvalue weighted by Crippen LogP contribution is -2.49. The first-order valence-corrected chi connectivity index (χ1v) is 17.9. The van der Waals surface area contributed by atoms with Crippen molar-refractivity contribution in [1.82, 2.24) is 0 Å². The predicted molar refractivity (Wildman–Crippen MR) is 148 cm³/mol. The highest BCUT2D eigenvalue weighted by atomic mass is 28.4. The van der Waals surface area contributed by atoms with E-state index < -0.39 is 16.6 Å². The van der Waals surface area contributed by atoms with Gasteiger partial charge in [-0.3, -0.25) is 0 Å². The van der Waals surface area contributed by atoms with E-state index in [1.54, 1.807) is 0 Å². The van der Waals surface area contributed by atoms with Gasteiger partial charge < -0.3 is 4.12 Å². The van der Waals surface area contributed by atoms with Crippen LogP contribution in [0.5, 0.6) is 0 Å². The second-order valence-electron chi connectivity index (χ2n) is 9.19. The van der Waals surface area contributed by atoms with E-state index in [1.807, 2.05) is 24.3 Å². The zero-order valence-electron chi connectivity index (χ0n) is 21.5. The molecule has 0 saturated heterocycles. The lowest BCUT2D eigenvalue weighted by Gasteiger charge is -2.40. The van der Waals surface area contributed by atoms with Crippen molar-refractivity contribution in [3.8, 4) is 17.2 Å². The van der Waals surface area contributed by atoms with Gasteiger partial charge in [0.15, 0.2) is 8.32 Å². The molecule has 0 fully saturated rings. The van der Waals surface area contributed by atoms with Gasteiger partial charge in [0.2, 0.25) is 8.32 Å². The topological polar surface area (TPSA) is 33.0 Å². The number of benzene rings is 2. The largest absolute Gasteiger partial charge is 0.452 e. The van der Waals surface area contributed by atoms with Crippen molar-refractivity contribution in [1.29, 1.82) is 5.26 Å². The molecule has 2 aromatic rings. The van der Waals surface area contributed by atoms with E-state index in [1.165, 1.54) is 60.6 Å². The molecule has 33 heavy (non-hydrogen) atoms. The average molecular weight is 478 g/mol. The zero-order valence-corrected chi connectivity index (χ0v) is 23.5. The summed E-state index contributed by atoms with van der Waals surface area (Å²) in [6.07, 6.45) is 7.24. The molecule has 0 unspecified atom stereocenters. The van der Waals surface area contributed by atoms with Gasteiger partial charge in [0, 0.05) is 0 Å². The summed E-state index contributed by atoms with van der Waals surface area (Å²) in [5.41, 5.74) is 6.99. The van der Waals surface area contributed by atoms with Crippen molar-refractivity contribution in [3.63, 3.8) is 0 Å². The van der Waals surface area contributed by atoms with Crippen molar-refractivity contribution in [2.24, 2.45) is 0 Å². The molecule has 0 aliphatic rings. The number of rotatable bonds is 14. The Morgan fingerprint density at radius 1 is 0.818 bits per heavy atom. The lowest BCUT2D eigenvalue weighted by molar-refractivity contribution is 0.519. The van der Waals surface area contributed by atoms with Crippen LogP contribution in [0.4, 0.5) is 0 Å². The number of unbranched alkanes of at least 4 members (excludes halogenated alkanes) is 2. The Morgan fingerprint density at radius 3 is 1.88 bits per heavy atom. The molecular formula is C29H43NOSi2. The van der Waals surface area contributed by atoms with Gasteiger partial charge in [-0.15, -0.1) is 0 Å². The first kappa shape index (κ1) is 27.3. The van der Waals surface area contributed by atoms with Crippen molar-refractivity contribution < 1.29 is 4.12 Å². The van der Waals surface area contributed by atoms with Gasteiger partial charge in [-0.25, -0.2) is 0 Å². The minimum Gasteiger partial charge on any atom is -0.452 e. The van der Waals surface area contributed by atoms with Crippen LogP contribution in [-0.2, 0) is 10.5 Å². The van der Waals surface area contributed by atoms with Crippen LogP contribution in [0, 0.1) is 11.3 Å². The Balaban J connectivity index is 2.11. The molecule has 0 saturated carbocycles. The van der Waals surface area contributed by atoms with Gasteiger partial charge in [0.05, 0.1) is 11.6 Å². The van der Waals surface area contributed by atoms with Crippen LogP contribution in [0.1, 0.15) is 65.0 Å². The molecule has 4 heteroatoms. The first-order valence-electron chi connectivity index (χ1n) is 13.0. The van der Waals surface area contributed by atoms with Gasteiger partial charge in [0.25, 0.3) is 0 Å². The third-order valence-electron chi connectivity index (χ3n) is 7.22. The molecule has 0 amide bonds. The van der Waals surface area contributed by atoms with Gasteiger partial charge in [0.1, 0.15) is 0 Å². The van der Waals surface area contributed by atoms with Crippen LogP contribution in [0.25, 0.3) is 11.1 Å². The molecule has 0 atom stereocenters. The molecule has 0 N–H and O–H groups in total. The van der Waals surface area contributed by atoms with Crippen molar-refractivity contribution in [3.05, 3.63) is 71.4 Å². The van der Waals surface area contributed by atoms with Gasteiger partial charge in [-0.1, -0.05) is 95.6 Å². The van der Waals surface area contributed by atoms with Crippen LogP contribution in [-0.4, -0.2) is 16.6 Å². The summed E-state index contributed by atoms with van der Waals surface area (Å²) in [7, 11) is -3.59. The molecule has 0 spiro atoms. The van der Waals surface area contributed by atoms with Crippen molar-refractivity contribution >= 4 is 16.6 Å². The molecule has 2 aromatic carbocycles. The van der Waals surface area contributed by atoms with Crippen LogP contribution >= 0.6 is 0 Å². The number of hydrogen-bond acceptors (Lipinski definition) is 2. The molecule has 178 valence electrons. The van der Waals surface area contributed by atoms with E-state index in [-0.39, 0.29) is 0 Å². The Labute approximate surface area is 205 Å².